The van der Waals surface area contributed by atoms with Crippen molar-refractivity contribution in [2.24, 2.45) is 5.73 Å². The maximum Gasteiger partial charge on any atom is 0.0330 e. The van der Waals surface area contributed by atoms with Gasteiger partial charge in [-0.15, -0.1) is 0 Å². The highest BCUT2D eigenvalue weighted by Gasteiger charge is 2.12. The van der Waals surface area contributed by atoms with Crippen LogP contribution in [0.3, 0.4) is 0 Å². The van der Waals surface area contributed by atoms with E-state index in [1.807, 2.05) is 0 Å². The highest BCUT2D eigenvalue weighted by molar-refractivity contribution is 4.94. The van der Waals surface area contributed by atoms with Crippen molar-refractivity contribution in [2.75, 3.05) is 6.54 Å². The summed E-state index contributed by atoms with van der Waals surface area (Å²) in [6, 6.07) is 0.926. The van der Waals surface area contributed by atoms with Crippen LogP contribution >= 0.6 is 0 Å². The lowest BCUT2D eigenvalue weighted by molar-refractivity contribution is 0.277. The van der Waals surface area contributed by atoms with Gasteiger partial charge < -0.3 is 10.6 Å². The second kappa shape index (κ2) is 3.06. The Balaban J connectivity index is 2.47. The fraction of sp³-hybridized carbons (Fsp3) is 0.750. The summed E-state index contributed by atoms with van der Waals surface area (Å²) in [5.41, 5.74) is 5.77. The highest BCUT2D eigenvalue weighted by Crippen LogP contribution is 2.07. The summed E-state index contributed by atoms with van der Waals surface area (Å²) < 4.78 is 0. The van der Waals surface area contributed by atoms with E-state index in [9.17, 15) is 0 Å². The van der Waals surface area contributed by atoms with Crippen molar-refractivity contribution in [3.8, 4) is 0 Å². The minimum Gasteiger partial charge on any atom is -0.374 e. The van der Waals surface area contributed by atoms with Crippen LogP contribution in [0.1, 0.15) is 20.3 Å². The fourth-order valence-corrected chi connectivity index (χ4v) is 1.16. The van der Waals surface area contributed by atoms with Crippen LogP contribution in [0.2, 0.25) is 0 Å². The molecule has 2 nitrogen and oxygen atoms in total. The standard InChI is InChI=1S/C8H16N2/c1-7(2)10-5-3-4-8(9)6-10/h3,5,7-8H,4,6,9H2,1-2H3/t8-/m0/s1. The Morgan fingerprint density at radius 2 is 2.30 bits per heavy atom. The van der Waals surface area contributed by atoms with Crippen molar-refractivity contribution >= 4 is 0 Å². The zero-order valence-electron chi connectivity index (χ0n) is 6.75. The van der Waals surface area contributed by atoms with Crippen molar-refractivity contribution < 1.29 is 0 Å². The molecule has 0 aromatic rings. The van der Waals surface area contributed by atoms with Crippen LogP contribution in [-0.4, -0.2) is 23.5 Å². The molecule has 1 heterocycles. The minimum atomic E-state index is 0.340. The van der Waals surface area contributed by atoms with Crippen LogP contribution in [0.4, 0.5) is 0 Å². The van der Waals surface area contributed by atoms with Gasteiger partial charge in [-0.05, 0) is 26.5 Å². The molecule has 0 unspecified atom stereocenters. The third-order valence-electron chi connectivity index (χ3n) is 1.84. The summed E-state index contributed by atoms with van der Waals surface area (Å²) in [7, 11) is 0. The minimum absolute atomic E-state index is 0.340. The van der Waals surface area contributed by atoms with Crippen molar-refractivity contribution in [1.29, 1.82) is 0 Å². The Morgan fingerprint density at radius 1 is 1.60 bits per heavy atom. The van der Waals surface area contributed by atoms with Crippen molar-refractivity contribution in [1.82, 2.24) is 4.90 Å². The first kappa shape index (κ1) is 7.61. The quantitative estimate of drug-likeness (QED) is 0.587. The largest absolute Gasteiger partial charge is 0.374 e. The molecule has 10 heavy (non-hydrogen) atoms. The summed E-state index contributed by atoms with van der Waals surface area (Å²) in [6.07, 6.45) is 5.32. The van der Waals surface area contributed by atoms with Gasteiger partial charge in [0.1, 0.15) is 0 Å². The molecule has 0 radical (unpaired) electrons. The molecular formula is C8H16N2. The molecule has 0 aromatic carbocycles. The number of rotatable bonds is 1. The smallest absolute Gasteiger partial charge is 0.0330 e. The lowest BCUT2D eigenvalue weighted by atomic mass is 10.1. The Bertz CT molecular complexity index is 129. The van der Waals surface area contributed by atoms with Crippen molar-refractivity contribution in [3.05, 3.63) is 12.3 Å². The zero-order chi connectivity index (χ0) is 7.56. The molecule has 1 aliphatic rings. The molecule has 0 fully saturated rings. The van der Waals surface area contributed by atoms with Crippen LogP contribution in [0, 0.1) is 0 Å². The van der Waals surface area contributed by atoms with Gasteiger partial charge in [0.25, 0.3) is 0 Å². The van der Waals surface area contributed by atoms with Gasteiger partial charge in [-0.25, -0.2) is 0 Å². The van der Waals surface area contributed by atoms with E-state index in [1.165, 1.54) is 0 Å². The van der Waals surface area contributed by atoms with E-state index in [0.717, 1.165) is 13.0 Å². The average molecular weight is 140 g/mol. The van der Waals surface area contributed by atoms with E-state index in [1.54, 1.807) is 0 Å². The molecule has 0 amide bonds. The third kappa shape index (κ3) is 1.74. The third-order valence-corrected chi connectivity index (χ3v) is 1.84. The first-order chi connectivity index (χ1) is 4.70. The molecule has 0 aromatic heterocycles. The molecule has 1 aliphatic heterocycles. The Kier molecular flexibility index (Phi) is 2.33. The first-order valence-corrected chi connectivity index (χ1v) is 3.88. The monoisotopic (exact) mass is 140 g/mol. The van der Waals surface area contributed by atoms with Crippen LogP contribution in [0.25, 0.3) is 0 Å². The van der Waals surface area contributed by atoms with Crippen molar-refractivity contribution in [2.45, 2.75) is 32.4 Å². The van der Waals surface area contributed by atoms with Gasteiger partial charge in [-0.1, -0.05) is 6.08 Å². The van der Waals surface area contributed by atoms with Gasteiger partial charge in [0, 0.05) is 18.6 Å². The lowest BCUT2D eigenvalue weighted by Crippen LogP contribution is -2.40. The maximum atomic E-state index is 5.77. The molecule has 1 rings (SSSR count). The van der Waals surface area contributed by atoms with E-state index in [2.05, 4.69) is 31.0 Å². The van der Waals surface area contributed by atoms with Crippen LogP contribution in [0.5, 0.6) is 0 Å². The van der Waals surface area contributed by atoms with E-state index < -0.39 is 0 Å². The molecular weight excluding hydrogens is 124 g/mol. The summed E-state index contributed by atoms with van der Waals surface area (Å²) >= 11 is 0. The van der Waals surface area contributed by atoms with E-state index in [0.29, 0.717) is 12.1 Å². The number of nitrogens with zero attached hydrogens (tertiary/aromatic N) is 1. The predicted octanol–water partition coefficient (Wildman–Crippen LogP) is 0.942. The lowest BCUT2D eigenvalue weighted by Gasteiger charge is -2.30. The van der Waals surface area contributed by atoms with Crippen LogP contribution in [0.15, 0.2) is 12.3 Å². The second-order valence-corrected chi connectivity index (χ2v) is 3.17. The molecule has 2 heteroatoms. The fourth-order valence-electron chi connectivity index (χ4n) is 1.16. The Labute approximate surface area is 62.7 Å². The van der Waals surface area contributed by atoms with Crippen LogP contribution in [-0.2, 0) is 0 Å². The SMILES string of the molecule is CC(C)N1C=CC[C@H](N)C1. The van der Waals surface area contributed by atoms with Gasteiger partial charge in [0.2, 0.25) is 0 Å². The molecule has 2 N–H and O–H groups in total. The molecule has 1 atom stereocenters. The topological polar surface area (TPSA) is 29.3 Å². The maximum absolute atomic E-state index is 5.77. The highest BCUT2D eigenvalue weighted by atomic mass is 15.1. The number of hydrogen-bond acceptors (Lipinski definition) is 2. The molecule has 0 saturated heterocycles. The van der Waals surface area contributed by atoms with Crippen LogP contribution < -0.4 is 5.73 Å². The normalized spacial score (nSPS) is 26.0. The Hall–Kier alpha value is -0.500. The van der Waals surface area contributed by atoms with Gasteiger partial charge in [0.15, 0.2) is 0 Å². The van der Waals surface area contributed by atoms with E-state index >= 15 is 0 Å². The molecule has 58 valence electrons. The molecule has 0 saturated carbocycles. The van der Waals surface area contributed by atoms with Gasteiger partial charge in [0.05, 0.1) is 0 Å². The Morgan fingerprint density at radius 3 is 2.70 bits per heavy atom. The molecule has 0 aliphatic carbocycles. The summed E-state index contributed by atoms with van der Waals surface area (Å²) in [4.78, 5) is 2.27. The average Bonchev–Trinajstić information content (AvgIpc) is 1.88. The summed E-state index contributed by atoms with van der Waals surface area (Å²) in [5.74, 6) is 0. The first-order valence-electron chi connectivity index (χ1n) is 3.88. The van der Waals surface area contributed by atoms with Gasteiger partial charge in [-0.3, -0.25) is 0 Å². The van der Waals surface area contributed by atoms with E-state index in [4.69, 9.17) is 5.73 Å². The predicted molar refractivity (Wildman–Crippen MR) is 43.6 cm³/mol. The summed E-state index contributed by atoms with van der Waals surface area (Å²) in [5, 5.41) is 0. The summed E-state index contributed by atoms with van der Waals surface area (Å²) in [6.45, 7) is 5.37. The van der Waals surface area contributed by atoms with Gasteiger partial charge >= 0.3 is 0 Å². The van der Waals surface area contributed by atoms with Crippen molar-refractivity contribution in [3.63, 3.8) is 0 Å². The number of nitrogens with two attached hydrogens (primary N) is 1. The molecule has 0 bridgehead atoms. The molecule has 0 spiro atoms. The number of hydrogen-bond donors (Lipinski definition) is 1. The second-order valence-electron chi connectivity index (χ2n) is 3.17. The van der Waals surface area contributed by atoms with Gasteiger partial charge in [-0.2, -0.15) is 0 Å². The zero-order valence-corrected chi connectivity index (χ0v) is 6.75. The van der Waals surface area contributed by atoms with E-state index in [-0.39, 0.29) is 0 Å².